The number of halogens is 1. The summed E-state index contributed by atoms with van der Waals surface area (Å²) >= 11 is 0. The molecule has 0 fully saturated rings. The molecular formula is C26H23FN6O. The molecule has 4 aromatic rings. The molecule has 1 aliphatic heterocycles. The van der Waals surface area contributed by atoms with Crippen LogP contribution in [0.15, 0.2) is 67.4 Å². The lowest BCUT2D eigenvalue weighted by molar-refractivity contribution is 0.0950. The lowest BCUT2D eigenvalue weighted by Gasteiger charge is -2.30. The van der Waals surface area contributed by atoms with Gasteiger partial charge in [-0.2, -0.15) is 4.39 Å². The molecule has 1 aliphatic rings. The van der Waals surface area contributed by atoms with Crippen LogP contribution in [0, 0.1) is 12.9 Å². The van der Waals surface area contributed by atoms with E-state index in [1.165, 1.54) is 6.20 Å². The number of hydrogen-bond donors (Lipinski definition) is 1. The summed E-state index contributed by atoms with van der Waals surface area (Å²) in [6, 6.07) is 11.0. The molecule has 0 saturated carbocycles. The number of pyridine rings is 4. The molecule has 0 bridgehead atoms. The van der Waals surface area contributed by atoms with Crippen LogP contribution in [0.25, 0.3) is 11.1 Å². The van der Waals surface area contributed by atoms with E-state index in [0.717, 1.165) is 41.2 Å². The number of hydrogen-bond acceptors (Lipinski definition) is 6. The third kappa shape index (κ3) is 4.47. The fraction of sp³-hybridized carbons (Fsp3) is 0.192. The van der Waals surface area contributed by atoms with Crippen molar-refractivity contribution in [3.05, 3.63) is 101 Å². The third-order valence-corrected chi connectivity index (χ3v) is 5.92. The Balaban J connectivity index is 1.32. The highest BCUT2D eigenvalue weighted by Gasteiger charge is 2.22. The van der Waals surface area contributed by atoms with Crippen molar-refractivity contribution in [2.24, 2.45) is 0 Å². The first-order valence-electron chi connectivity index (χ1n) is 11.1. The van der Waals surface area contributed by atoms with Crippen LogP contribution in [0.3, 0.4) is 0 Å². The van der Waals surface area contributed by atoms with E-state index in [1.807, 2.05) is 31.2 Å². The minimum absolute atomic E-state index is 0.171. The van der Waals surface area contributed by atoms with Crippen LogP contribution in [-0.2, 0) is 19.5 Å². The lowest BCUT2D eigenvalue weighted by Crippen LogP contribution is -2.32. The van der Waals surface area contributed by atoms with Gasteiger partial charge in [0.1, 0.15) is 5.82 Å². The van der Waals surface area contributed by atoms with Crippen LogP contribution in [0.2, 0.25) is 0 Å². The van der Waals surface area contributed by atoms with Gasteiger partial charge in [0.15, 0.2) is 0 Å². The summed E-state index contributed by atoms with van der Waals surface area (Å²) in [6.45, 7) is 3.76. The second kappa shape index (κ2) is 9.35. The summed E-state index contributed by atoms with van der Waals surface area (Å²) < 4.78 is 14.2. The molecule has 0 saturated heterocycles. The number of nitrogens with one attached hydrogen (secondary N) is 1. The third-order valence-electron chi connectivity index (χ3n) is 5.92. The van der Waals surface area contributed by atoms with Gasteiger partial charge in [0, 0.05) is 73.9 Å². The van der Waals surface area contributed by atoms with Gasteiger partial charge in [-0.3, -0.25) is 14.8 Å². The number of amides is 1. The standard InChI is InChI=1S/C26H23FN6O/c1-17-11-20(26(34)32-13-18-4-8-28-9-5-18)15-31-25(17)33-10-6-23-21(16-33)12-19(14-30-23)22-3-2-7-29-24(22)27/h2-5,7-9,11-12,14-15H,6,10,13,16H2,1H3,(H,32,34). The van der Waals surface area contributed by atoms with Gasteiger partial charge in [-0.05, 0) is 60.0 Å². The van der Waals surface area contributed by atoms with Crippen molar-refractivity contribution in [2.45, 2.75) is 26.4 Å². The Morgan fingerprint density at radius 2 is 1.94 bits per heavy atom. The van der Waals surface area contributed by atoms with Crippen molar-refractivity contribution in [3.8, 4) is 11.1 Å². The molecule has 34 heavy (non-hydrogen) atoms. The van der Waals surface area contributed by atoms with Crippen molar-refractivity contribution in [3.63, 3.8) is 0 Å². The predicted octanol–water partition coefficient (Wildman–Crippen LogP) is 3.87. The molecule has 4 aromatic heterocycles. The van der Waals surface area contributed by atoms with E-state index in [0.29, 0.717) is 29.8 Å². The second-order valence-electron chi connectivity index (χ2n) is 8.25. The molecule has 0 aliphatic carbocycles. The average molecular weight is 455 g/mol. The summed E-state index contributed by atoms with van der Waals surface area (Å²) in [6.07, 6.45) is 8.91. The normalized spacial score (nSPS) is 12.8. The molecule has 1 amide bonds. The molecule has 5 heterocycles. The van der Waals surface area contributed by atoms with Gasteiger partial charge >= 0.3 is 0 Å². The average Bonchev–Trinajstić information content (AvgIpc) is 2.87. The highest BCUT2D eigenvalue weighted by atomic mass is 19.1. The Morgan fingerprint density at radius 1 is 1.09 bits per heavy atom. The maximum absolute atomic E-state index is 14.2. The largest absolute Gasteiger partial charge is 0.352 e. The molecular weight excluding hydrogens is 431 g/mol. The molecule has 0 aromatic carbocycles. The number of fused-ring (bicyclic) bond motifs is 1. The number of anilines is 1. The summed E-state index contributed by atoms with van der Waals surface area (Å²) in [4.78, 5) is 31.7. The molecule has 0 atom stereocenters. The second-order valence-corrected chi connectivity index (χ2v) is 8.25. The van der Waals surface area contributed by atoms with Crippen molar-refractivity contribution in [1.82, 2.24) is 25.3 Å². The Kier molecular flexibility index (Phi) is 5.95. The Bertz CT molecular complexity index is 1340. The van der Waals surface area contributed by atoms with Gasteiger partial charge in [0.05, 0.1) is 5.56 Å². The zero-order chi connectivity index (χ0) is 23.5. The van der Waals surface area contributed by atoms with E-state index >= 15 is 0 Å². The zero-order valence-electron chi connectivity index (χ0n) is 18.7. The molecule has 7 nitrogen and oxygen atoms in total. The van der Waals surface area contributed by atoms with E-state index in [2.05, 4.69) is 30.2 Å². The quantitative estimate of drug-likeness (QED) is 0.461. The van der Waals surface area contributed by atoms with Gasteiger partial charge in [-0.15, -0.1) is 0 Å². The smallest absolute Gasteiger partial charge is 0.253 e. The minimum Gasteiger partial charge on any atom is -0.352 e. The Labute approximate surface area is 196 Å². The molecule has 0 spiro atoms. The zero-order valence-corrected chi connectivity index (χ0v) is 18.7. The molecule has 0 unspecified atom stereocenters. The number of nitrogens with zero attached hydrogens (tertiary/aromatic N) is 5. The molecule has 0 radical (unpaired) electrons. The van der Waals surface area contributed by atoms with Gasteiger partial charge in [-0.25, -0.2) is 9.97 Å². The molecule has 1 N–H and O–H groups in total. The summed E-state index contributed by atoms with van der Waals surface area (Å²) in [5.74, 6) is 0.150. The number of carbonyl (C=O) groups is 1. The van der Waals surface area contributed by atoms with Crippen molar-refractivity contribution >= 4 is 11.7 Å². The van der Waals surface area contributed by atoms with Crippen LogP contribution in [0.1, 0.15) is 32.7 Å². The van der Waals surface area contributed by atoms with Crippen molar-refractivity contribution in [1.29, 1.82) is 0 Å². The highest BCUT2D eigenvalue weighted by Crippen LogP contribution is 2.28. The highest BCUT2D eigenvalue weighted by molar-refractivity contribution is 5.94. The first-order valence-corrected chi connectivity index (χ1v) is 11.1. The van der Waals surface area contributed by atoms with Gasteiger partial charge in [0.25, 0.3) is 5.91 Å². The summed E-state index contributed by atoms with van der Waals surface area (Å²) in [7, 11) is 0. The van der Waals surface area contributed by atoms with E-state index in [9.17, 15) is 9.18 Å². The monoisotopic (exact) mass is 454 g/mol. The van der Waals surface area contributed by atoms with Crippen LogP contribution in [-0.4, -0.2) is 32.4 Å². The predicted molar refractivity (Wildman–Crippen MR) is 127 cm³/mol. The summed E-state index contributed by atoms with van der Waals surface area (Å²) in [5.41, 5.74) is 5.60. The fourth-order valence-electron chi connectivity index (χ4n) is 4.16. The van der Waals surface area contributed by atoms with Crippen LogP contribution >= 0.6 is 0 Å². The van der Waals surface area contributed by atoms with Crippen LogP contribution in [0.5, 0.6) is 0 Å². The van der Waals surface area contributed by atoms with E-state index in [1.54, 1.807) is 36.9 Å². The van der Waals surface area contributed by atoms with Crippen molar-refractivity contribution in [2.75, 3.05) is 11.4 Å². The number of rotatable bonds is 5. The summed E-state index contributed by atoms with van der Waals surface area (Å²) in [5, 5.41) is 2.92. The Hall–Kier alpha value is -4.20. The lowest BCUT2D eigenvalue weighted by atomic mass is 10.0. The maximum Gasteiger partial charge on any atom is 0.253 e. The minimum atomic E-state index is -0.507. The Morgan fingerprint density at radius 3 is 2.74 bits per heavy atom. The van der Waals surface area contributed by atoms with Crippen LogP contribution in [0.4, 0.5) is 10.2 Å². The fourth-order valence-corrected chi connectivity index (χ4v) is 4.16. The van der Waals surface area contributed by atoms with Crippen LogP contribution < -0.4 is 10.2 Å². The van der Waals surface area contributed by atoms with E-state index in [-0.39, 0.29) is 5.91 Å². The molecule has 170 valence electrons. The van der Waals surface area contributed by atoms with E-state index < -0.39 is 5.95 Å². The first kappa shape index (κ1) is 21.6. The number of aromatic nitrogens is 4. The van der Waals surface area contributed by atoms with Gasteiger partial charge in [-0.1, -0.05) is 0 Å². The van der Waals surface area contributed by atoms with Gasteiger partial charge < -0.3 is 10.2 Å². The first-order chi connectivity index (χ1) is 16.6. The molecule has 8 heteroatoms. The topological polar surface area (TPSA) is 83.9 Å². The van der Waals surface area contributed by atoms with E-state index in [4.69, 9.17) is 0 Å². The SMILES string of the molecule is Cc1cc(C(=O)NCc2ccncc2)cnc1N1CCc2ncc(-c3cccnc3F)cc2C1. The van der Waals surface area contributed by atoms with Gasteiger partial charge in [0.2, 0.25) is 5.95 Å². The maximum atomic E-state index is 14.2. The number of aryl methyl sites for hydroxylation is 1. The van der Waals surface area contributed by atoms with Crippen molar-refractivity contribution < 1.29 is 9.18 Å². The molecule has 5 rings (SSSR count). The number of carbonyl (C=O) groups excluding carboxylic acids is 1.